The Kier molecular flexibility index (Phi) is 7.26. The molecule has 0 unspecified atom stereocenters. The minimum atomic E-state index is -0.442. The summed E-state index contributed by atoms with van der Waals surface area (Å²) in [6.07, 6.45) is 1.94. The third kappa shape index (κ3) is 5.52. The van der Waals surface area contributed by atoms with Gasteiger partial charge >= 0.3 is 0 Å². The molecule has 4 rings (SSSR count). The van der Waals surface area contributed by atoms with Crippen molar-refractivity contribution in [3.8, 4) is 11.4 Å². The number of non-ortho nitro benzene ring substituents is 1. The van der Waals surface area contributed by atoms with E-state index in [1.165, 1.54) is 23.9 Å². The summed E-state index contributed by atoms with van der Waals surface area (Å²) in [4.78, 5) is 23.1. The smallest absolute Gasteiger partial charge is 0.269 e. The molecule has 1 N–H and O–H groups in total. The van der Waals surface area contributed by atoms with Crippen molar-refractivity contribution in [1.82, 2.24) is 14.8 Å². The molecule has 0 radical (unpaired) electrons. The molecule has 0 spiro atoms. The Labute approximate surface area is 199 Å². The monoisotopic (exact) mass is 487 g/mol. The number of amides is 1. The number of aromatic nitrogens is 3. The third-order valence-corrected chi connectivity index (χ3v) is 6.71. The standard InChI is InChI=1S/C22H22ClN5O4S/c1-14-18(23)5-2-6-19(14)24-20(29)13-33-22-26-25-21(27(22)12-17-4-3-11-32-17)15-7-9-16(10-8-15)28(30)31/h2,5-10,17H,3-4,11-13H2,1H3,(H,24,29)/t17-/m1/s1. The fourth-order valence-electron chi connectivity index (χ4n) is 3.56. The highest BCUT2D eigenvalue weighted by Gasteiger charge is 2.22. The number of nitrogens with zero attached hydrogens (tertiary/aromatic N) is 4. The number of carbonyl (C=O) groups excluding carboxylic acids is 1. The molecule has 11 heteroatoms. The number of anilines is 1. The highest BCUT2D eigenvalue weighted by atomic mass is 35.5. The van der Waals surface area contributed by atoms with Gasteiger partial charge in [0, 0.05) is 35.0 Å². The summed E-state index contributed by atoms with van der Waals surface area (Å²) >= 11 is 7.40. The summed E-state index contributed by atoms with van der Waals surface area (Å²) in [7, 11) is 0. The molecular formula is C22H22ClN5O4S. The fourth-order valence-corrected chi connectivity index (χ4v) is 4.48. The summed E-state index contributed by atoms with van der Waals surface area (Å²) in [6.45, 7) is 3.10. The van der Waals surface area contributed by atoms with Crippen molar-refractivity contribution < 1.29 is 14.5 Å². The molecule has 1 amide bonds. The zero-order valence-corrected chi connectivity index (χ0v) is 19.4. The SMILES string of the molecule is Cc1c(Cl)cccc1NC(=O)CSc1nnc(-c2ccc([N+](=O)[O-])cc2)n1C[C@H]1CCCO1. The van der Waals surface area contributed by atoms with Gasteiger partial charge in [-0.3, -0.25) is 19.5 Å². The maximum Gasteiger partial charge on any atom is 0.269 e. The second-order valence-corrected chi connectivity index (χ2v) is 8.95. The molecule has 3 aromatic rings. The Morgan fingerprint density at radius 1 is 1.30 bits per heavy atom. The highest BCUT2D eigenvalue weighted by Crippen LogP contribution is 2.28. The maximum atomic E-state index is 12.6. The Hall–Kier alpha value is -2.95. The number of ether oxygens (including phenoxy) is 1. The number of carbonyl (C=O) groups is 1. The van der Waals surface area contributed by atoms with E-state index in [1.807, 2.05) is 11.5 Å². The number of nitro benzene ring substituents is 1. The summed E-state index contributed by atoms with van der Waals surface area (Å²) in [5.41, 5.74) is 2.18. The topological polar surface area (TPSA) is 112 Å². The molecule has 172 valence electrons. The molecule has 2 heterocycles. The lowest BCUT2D eigenvalue weighted by molar-refractivity contribution is -0.384. The van der Waals surface area contributed by atoms with Gasteiger partial charge in [-0.05, 0) is 49.6 Å². The predicted octanol–water partition coefficient (Wildman–Crippen LogP) is 4.72. The van der Waals surface area contributed by atoms with Gasteiger partial charge in [-0.2, -0.15) is 0 Å². The molecule has 1 aromatic heterocycles. The van der Waals surface area contributed by atoms with Gasteiger partial charge in [-0.25, -0.2) is 0 Å². The largest absolute Gasteiger partial charge is 0.376 e. The average molecular weight is 488 g/mol. The van der Waals surface area contributed by atoms with Gasteiger partial charge < -0.3 is 10.1 Å². The van der Waals surface area contributed by atoms with E-state index in [9.17, 15) is 14.9 Å². The normalized spacial score (nSPS) is 15.5. The number of halogens is 1. The number of thioether (sulfide) groups is 1. The van der Waals surface area contributed by atoms with Gasteiger partial charge in [0.1, 0.15) is 0 Å². The van der Waals surface area contributed by atoms with Crippen molar-refractivity contribution >= 4 is 40.6 Å². The van der Waals surface area contributed by atoms with Crippen molar-refractivity contribution in [3.63, 3.8) is 0 Å². The second-order valence-electron chi connectivity index (χ2n) is 7.61. The first-order valence-corrected chi connectivity index (χ1v) is 11.8. The van der Waals surface area contributed by atoms with Gasteiger partial charge in [0.05, 0.1) is 23.3 Å². The van der Waals surface area contributed by atoms with Crippen LogP contribution in [0.25, 0.3) is 11.4 Å². The van der Waals surface area contributed by atoms with Gasteiger partial charge in [0.25, 0.3) is 5.69 Å². The summed E-state index contributed by atoms with van der Waals surface area (Å²) in [6, 6.07) is 11.5. The van der Waals surface area contributed by atoms with E-state index < -0.39 is 4.92 Å². The summed E-state index contributed by atoms with van der Waals surface area (Å²) < 4.78 is 7.70. The van der Waals surface area contributed by atoms with Crippen molar-refractivity contribution in [1.29, 1.82) is 0 Å². The van der Waals surface area contributed by atoms with Crippen LogP contribution in [0.4, 0.5) is 11.4 Å². The van der Waals surface area contributed by atoms with Crippen molar-refractivity contribution in [2.45, 2.75) is 37.6 Å². The fraction of sp³-hybridized carbons (Fsp3) is 0.318. The van der Waals surface area contributed by atoms with Gasteiger partial charge in [-0.15, -0.1) is 10.2 Å². The Bertz CT molecular complexity index is 1160. The molecule has 1 aliphatic heterocycles. The van der Waals surface area contributed by atoms with Gasteiger partial charge in [0.15, 0.2) is 11.0 Å². The Morgan fingerprint density at radius 2 is 2.09 bits per heavy atom. The van der Waals surface area contributed by atoms with E-state index in [1.54, 1.807) is 30.3 Å². The number of nitro groups is 1. The molecule has 9 nitrogen and oxygen atoms in total. The third-order valence-electron chi connectivity index (χ3n) is 5.34. The van der Waals surface area contributed by atoms with Crippen LogP contribution in [-0.4, -0.2) is 44.1 Å². The van der Waals surface area contributed by atoms with Crippen molar-refractivity contribution in [2.24, 2.45) is 0 Å². The minimum Gasteiger partial charge on any atom is -0.376 e. The highest BCUT2D eigenvalue weighted by molar-refractivity contribution is 7.99. The number of hydrogen-bond acceptors (Lipinski definition) is 7. The number of hydrogen-bond donors (Lipinski definition) is 1. The summed E-state index contributed by atoms with van der Waals surface area (Å²) in [5.74, 6) is 0.526. The van der Waals surface area contributed by atoms with Crippen LogP contribution < -0.4 is 5.32 Å². The van der Waals surface area contributed by atoms with E-state index in [-0.39, 0.29) is 23.5 Å². The Morgan fingerprint density at radius 3 is 2.79 bits per heavy atom. The molecule has 2 aromatic carbocycles. The van der Waals surface area contributed by atoms with Crippen LogP contribution in [0.3, 0.4) is 0 Å². The number of nitrogens with one attached hydrogen (secondary N) is 1. The van der Waals surface area contributed by atoms with Crippen LogP contribution in [0.15, 0.2) is 47.6 Å². The first kappa shape index (κ1) is 23.2. The number of rotatable bonds is 8. The van der Waals surface area contributed by atoms with Gasteiger partial charge in [0.2, 0.25) is 5.91 Å². The zero-order valence-electron chi connectivity index (χ0n) is 17.9. The van der Waals surface area contributed by atoms with Crippen molar-refractivity contribution in [2.75, 3.05) is 17.7 Å². The molecule has 1 fully saturated rings. The first-order valence-electron chi connectivity index (χ1n) is 10.4. The lowest BCUT2D eigenvalue weighted by atomic mass is 10.2. The van der Waals surface area contributed by atoms with Crippen LogP contribution >= 0.6 is 23.4 Å². The molecule has 33 heavy (non-hydrogen) atoms. The quantitative estimate of drug-likeness (QED) is 0.278. The molecular weight excluding hydrogens is 466 g/mol. The van der Waals surface area contributed by atoms with E-state index in [0.29, 0.717) is 40.4 Å². The molecule has 1 atom stereocenters. The maximum absolute atomic E-state index is 12.6. The predicted molar refractivity (Wildman–Crippen MR) is 127 cm³/mol. The van der Waals surface area contributed by atoms with Crippen LogP contribution in [0.1, 0.15) is 18.4 Å². The van der Waals surface area contributed by atoms with E-state index in [2.05, 4.69) is 15.5 Å². The van der Waals surface area contributed by atoms with Crippen LogP contribution in [0, 0.1) is 17.0 Å². The molecule has 0 saturated carbocycles. The van der Waals surface area contributed by atoms with Crippen molar-refractivity contribution in [3.05, 3.63) is 63.2 Å². The van der Waals surface area contributed by atoms with E-state index in [4.69, 9.17) is 16.3 Å². The minimum absolute atomic E-state index is 0.00604. The van der Waals surface area contributed by atoms with E-state index in [0.717, 1.165) is 18.4 Å². The number of benzene rings is 2. The zero-order chi connectivity index (χ0) is 23.4. The van der Waals surface area contributed by atoms with E-state index >= 15 is 0 Å². The average Bonchev–Trinajstić information content (AvgIpc) is 3.46. The Balaban J connectivity index is 1.52. The lowest BCUT2D eigenvalue weighted by Crippen LogP contribution is -2.18. The lowest BCUT2D eigenvalue weighted by Gasteiger charge is -2.15. The molecule has 0 aliphatic carbocycles. The van der Waals surface area contributed by atoms with Crippen LogP contribution in [0.5, 0.6) is 0 Å². The van der Waals surface area contributed by atoms with Crippen LogP contribution in [0.2, 0.25) is 5.02 Å². The first-order chi connectivity index (χ1) is 15.9. The molecule has 1 aliphatic rings. The second kappa shape index (κ2) is 10.3. The summed E-state index contributed by atoms with van der Waals surface area (Å²) in [5, 5.41) is 23.6. The van der Waals surface area contributed by atoms with Gasteiger partial charge in [-0.1, -0.05) is 29.4 Å². The molecule has 0 bridgehead atoms. The molecule has 1 saturated heterocycles. The van der Waals surface area contributed by atoms with Crippen LogP contribution in [-0.2, 0) is 16.1 Å².